The van der Waals surface area contributed by atoms with Gasteiger partial charge >= 0.3 is 5.97 Å². The number of nitrogens with one attached hydrogen (secondary N) is 1. The molecule has 2 aromatic heterocycles. The highest BCUT2D eigenvalue weighted by atomic mass is 16.5. The number of pyridine rings is 2. The predicted octanol–water partition coefficient (Wildman–Crippen LogP) is -2.24. The molecular formula is C24H31N7O5. The van der Waals surface area contributed by atoms with Crippen LogP contribution in [0.25, 0.3) is 24.5 Å². The van der Waals surface area contributed by atoms with E-state index in [4.69, 9.17) is 22.0 Å². The number of nitrogens with two attached hydrogens (primary N) is 3. The highest BCUT2D eigenvalue weighted by Gasteiger charge is 2.34. The maximum Gasteiger partial charge on any atom is 0.340 e. The minimum absolute atomic E-state index is 0.0749. The highest BCUT2D eigenvalue weighted by Crippen LogP contribution is 2.33. The topological polar surface area (TPSA) is 192 Å². The molecule has 2 aliphatic heterocycles. The van der Waals surface area contributed by atoms with E-state index in [1.165, 1.54) is 15.8 Å². The van der Waals surface area contributed by atoms with Crippen LogP contribution in [0.3, 0.4) is 0 Å². The number of aliphatic hydroxyl groups excluding tert-OH is 1. The van der Waals surface area contributed by atoms with Crippen LogP contribution in [0.2, 0.25) is 0 Å². The third-order valence-corrected chi connectivity index (χ3v) is 5.83. The second-order valence-corrected chi connectivity index (χ2v) is 8.06. The lowest BCUT2D eigenvalue weighted by molar-refractivity contribution is -0.157. The normalized spacial score (nSPS) is 15.6. The lowest BCUT2D eigenvalue weighted by Gasteiger charge is -2.21. The molecule has 0 aromatic carbocycles. The standard InChI is InChI=1S/C22H25N7O5.C2H6/c1-10-11(2)27-19-15(14(10)7-28(25)6-12(24)5-26-18(30)4-23)8-29-17(19)3-13-16(21(29)32)9-34-22(33)20(13)31;1-2/h3,6,20,31H,1-2,4-5,7-9,23-25H2,(H,26,30);1-2H3/b12-6-;. The second kappa shape index (κ2) is 10.7. The Balaban J connectivity index is 0.00000176. The van der Waals surface area contributed by atoms with E-state index < -0.39 is 12.1 Å². The molecule has 0 fully saturated rings. The number of esters is 1. The van der Waals surface area contributed by atoms with Crippen LogP contribution in [-0.4, -0.2) is 44.6 Å². The van der Waals surface area contributed by atoms with Crippen molar-refractivity contribution in [3.63, 3.8) is 0 Å². The van der Waals surface area contributed by atoms with E-state index >= 15 is 0 Å². The van der Waals surface area contributed by atoms with Gasteiger partial charge in [0, 0.05) is 23.0 Å². The van der Waals surface area contributed by atoms with Gasteiger partial charge in [-0.2, -0.15) is 0 Å². The van der Waals surface area contributed by atoms with Gasteiger partial charge in [0.1, 0.15) is 6.61 Å². The molecule has 36 heavy (non-hydrogen) atoms. The van der Waals surface area contributed by atoms with Gasteiger partial charge in [0.05, 0.1) is 48.5 Å². The molecule has 4 rings (SSSR count). The Morgan fingerprint density at radius 2 is 2.06 bits per heavy atom. The zero-order valence-electron chi connectivity index (χ0n) is 20.3. The summed E-state index contributed by atoms with van der Waals surface area (Å²) in [5.41, 5.74) is 14.0. The maximum atomic E-state index is 13.1. The molecule has 0 radical (unpaired) electrons. The number of ether oxygens (including phenoxy) is 1. The molecule has 0 bridgehead atoms. The van der Waals surface area contributed by atoms with E-state index in [1.54, 1.807) is 6.07 Å². The molecule has 8 N–H and O–H groups in total. The molecule has 4 heterocycles. The van der Waals surface area contributed by atoms with E-state index in [0.29, 0.717) is 33.2 Å². The third-order valence-electron chi connectivity index (χ3n) is 5.83. The SMILES string of the molecule is C=c1nc2c(c(CN(N)/C=C(\N)CNC(=O)CN)c1=C)Cn1c-2cc2c(c1=O)COC(=O)C2O.CC. The zero-order valence-corrected chi connectivity index (χ0v) is 20.3. The average molecular weight is 498 g/mol. The Labute approximate surface area is 207 Å². The maximum absolute atomic E-state index is 13.1. The van der Waals surface area contributed by atoms with Gasteiger partial charge < -0.3 is 36.2 Å². The monoisotopic (exact) mass is 497 g/mol. The number of amides is 1. The molecule has 2 aliphatic rings. The van der Waals surface area contributed by atoms with Crippen molar-refractivity contribution in [3.05, 3.63) is 61.1 Å². The van der Waals surface area contributed by atoms with Crippen molar-refractivity contribution in [2.75, 3.05) is 13.1 Å². The fraction of sp³-hybridized carbons (Fsp3) is 0.333. The van der Waals surface area contributed by atoms with Crippen molar-refractivity contribution in [1.29, 1.82) is 0 Å². The number of fused-ring (bicyclic) bond motifs is 4. The summed E-state index contributed by atoms with van der Waals surface area (Å²) in [7, 11) is 0. The molecular weight excluding hydrogens is 466 g/mol. The summed E-state index contributed by atoms with van der Waals surface area (Å²) < 4.78 is 6.43. The second-order valence-electron chi connectivity index (χ2n) is 8.06. The van der Waals surface area contributed by atoms with E-state index in [-0.39, 0.29) is 55.4 Å². The fourth-order valence-corrected chi connectivity index (χ4v) is 4.06. The van der Waals surface area contributed by atoms with Crippen LogP contribution in [0.15, 0.2) is 22.8 Å². The van der Waals surface area contributed by atoms with Gasteiger partial charge in [-0.25, -0.2) is 15.6 Å². The molecule has 0 saturated carbocycles. The molecule has 0 saturated heterocycles. The number of nitrogens with zero attached hydrogens (tertiary/aromatic N) is 3. The number of hydrogen-bond donors (Lipinski definition) is 5. The van der Waals surface area contributed by atoms with E-state index in [9.17, 15) is 19.5 Å². The Morgan fingerprint density at radius 1 is 1.36 bits per heavy atom. The van der Waals surface area contributed by atoms with Crippen LogP contribution in [0.1, 0.15) is 42.2 Å². The molecule has 1 amide bonds. The summed E-state index contributed by atoms with van der Waals surface area (Å²) in [5.74, 6) is 4.99. The van der Waals surface area contributed by atoms with Crippen LogP contribution in [0, 0.1) is 0 Å². The van der Waals surface area contributed by atoms with Gasteiger partial charge in [0.25, 0.3) is 5.56 Å². The Bertz CT molecular complexity index is 1400. The first kappa shape index (κ1) is 26.6. The number of carbonyl (C=O) groups is 2. The fourth-order valence-electron chi connectivity index (χ4n) is 4.06. The van der Waals surface area contributed by atoms with Gasteiger partial charge in [0.2, 0.25) is 5.91 Å². The number of aliphatic hydroxyl groups is 1. The average Bonchev–Trinajstić information content (AvgIpc) is 3.22. The molecule has 192 valence electrons. The molecule has 1 unspecified atom stereocenters. The summed E-state index contributed by atoms with van der Waals surface area (Å²) in [6.07, 6.45) is -0.0671. The number of cyclic esters (lactones) is 1. The van der Waals surface area contributed by atoms with Crippen molar-refractivity contribution in [2.45, 2.75) is 39.6 Å². The van der Waals surface area contributed by atoms with Crippen LogP contribution < -0.4 is 38.8 Å². The first-order chi connectivity index (χ1) is 17.1. The lowest BCUT2D eigenvalue weighted by Crippen LogP contribution is -2.37. The Morgan fingerprint density at radius 3 is 2.72 bits per heavy atom. The molecule has 2 aromatic rings. The zero-order chi connectivity index (χ0) is 26.7. The van der Waals surface area contributed by atoms with Crippen molar-refractivity contribution in [1.82, 2.24) is 19.9 Å². The first-order valence-corrected chi connectivity index (χ1v) is 11.4. The first-order valence-electron chi connectivity index (χ1n) is 11.4. The lowest BCUT2D eigenvalue weighted by atomic mass is 10.00. The van der Waals surface area contributed by atoms with Crippen molar-refractivity contribution in [2.24, 2.45) is 17.3 Å². The summed E-state index contributed by atoms with van der Waals surface area (Å²) in [5, 5.41) is 15.1. The largest absolute Gasteiger partial charge is 0.458 e. The van der Waals surface area contributed by atoms with Crippen molar-refractivity contribution < 1.29 is 19.4 Å². The summed E-state index contributed by atoms with van der Waals surface area (Å²) >= 11 is 0. The minimum Gasteiger partial charge on any atom is -0.458 e. The number of hydrazine groups is 1. The number of aromatic nitrogens is 2. The van der Waals surface area contributed by atoms with Gasteiger partial charge in [0.15, 0.2) is 6.10 Å². The van der Waals surface area contributed by atoms with E-state index in [2.05, 4.69) is 23.5 Å². The molecule has 1 atom stereocenters. The molecule has 12 heteroatoms. The predicted molar refractivity (Wildman–Crippen MR) is 133 cm³/mol. The number of rotatable bonds is 6. The van der Waals surface area contributed by atoms with E-state index in [0.717, 1.165) is 5.56 Å². The van der Waals surface area contributed by atoms with E-state index in [1.807, 2.05) is 13.8 Å². The Hall–Kier alpha value is -4.00. The third kappa shape index (κ3) is 4.87. The van der Waals surface area contributed by atoms with Crippen molar-refractivity contribution >= 4 is 25.0 Å². The van der Waals surface area contributed by atoms with Crippen molar-refractivity contribution in [3.8, 4) is 11.4 Å². The van der Waals surface area contributed by atoms with Gasteiger partial charge in [-0.3, -0.25) is 9.59 Å². The molecule has 0 spiro atoms. The summed E-state index contributed by atoms with van der Waals surface area (Å²) in [6.45, 7) is 12.1. The van der Waals surface area contributed by atoms with Crippen LogP contribution in [-0.2, 0) is 34.0 Å². The number of carbonyl (C=O) groups excluding carboxylic acids is 2. The van der Waals surface area contributed by atoms with Gasteiger partial charge in [-0.1, -0.05) is 27.0 Å². The highest BCUT2D eigenvalue weighted by molar-refractivity contribution is 5.79. The van der Waals surface area contributed by atoms with Gasteiger partial charge in [-0.05, 0) is 16.8 Å². The molecule has 12 nitrogen and oxygen atoms in total. The quantitative estimate of drug-likeness (QED) is 0.141. The smallest absolute Gasteiger partial charge is 0.340 e. The summed E-state index contributed by atoms with van der Waals surface area (Å²) in [6, 6.07) is 1.59. The number of hydrogen-bond acceptors (Lipinski definition) is 10. The van der Waals surface area contributed by atoms with Crippen LogP contribution in [0.5, 0.6) is 0 Å². The van der Waals surface area contributed by atoms with Gasteiger partial charge in [-0.15, -0.1) is 0 Å². The Kier molecular flexibility index (Phi) is 7.93. The van der Waals surface area contributed by atoms with Crippen LogP contribution in [0.4, 0.5) is 0 Å². The molecule has 0 aliphatic carbocycles. The minimum atomic E-state index is -1.54. The van der Waals surface area contributed by atoms with Crippen LogP contribution >= 0.6 is 0 Å². The summed E-state index contributed by atoms with van der Waals surface area (Å²) in [4.78, 5) is 40.8.